The molecule has 1 aromatic heterocycles. The smallest absolute Gasteiger partial charge is 0.176 e. The van der Waals surface area contributed by atoms with Gasteiger partial charge in [-0.1, -0.05) is 23.2 Å². The van der Waals surface area contributed by atoms with Gasteiger partial charge < -0.3 is 5.73 Å². The summed E-state index contributed by atoms with van der Waals surface area (Å²) in [6.07, 6.45) is 1.34. The fourth-order valence-electron chi connectivity index (χ4n) is 0.352. The standard InChI is InChI=1S/C4H3Cl2N3/c5-2-1-8-9-4(6)3(2)7/h1H,(H2,7,8). The first kappa shape index (κ1) is 6.58. The van der Waals surface area contributed by atoms with Crippen molar-refractivity contribution in [1.82, 2.24) is 10.2 Å². The number of hydrogen-bond acceptors (Lipinski definition) is 3. The van der Waals surface area contributed by atoms with E-state index in [-0.39, 0.29) is 10.8 Å². The summed E-state index contributed by atoms with van der Waals surface area (Å²) in [6.45, 7) is 0. The minimum atomic E-state index is 0.141. The number of nitrogens with zero attached hydrogens (tertiary/aromatic N) is 2. The molecule has 0 spiro atoms. The first-order chi connectivity index (χ1) is 4.22. The fraction of sp³-hybridized carbons (Fsp3) is 0. The van der Waals surface area contributed by atoms with Crippen molar-refractivity contribution in [1.29, 1.82) is 0 Å². The molecule has 0 saturated carbocycles. The lowest BCUT2D eigenvalue weighted by atomic mass is 10.5. The molecule has 1 rings (SSSR count). The second kappa shape index (κ2) is 2.37. The number of anilines is 1. The molecule has 0 aliphatic rings. The van der Waals surface area contributed by atoms with E-state index in [1.165, 1.54) is 6.20 Å². The van der Waals surface area contributed by atoms with Crippen molar-refractivity contribution in [2.75, 3.05) is 5.73 Å². The van der Waals surface area contributed by atoms with Gasteiger partial charge in [-0.3, -0.25) is 0 Å². The van der Waals surface area contributed by atoms with Crippen LogP contribution in [0.5, 0.6) is 0 Å². The number of aromatic nitrogens is 2. The number of nitrogen functional groups attached to an aromatic ring is 1. The van der Waals surface area contributed by atoms with Gasteiger partial charge in [-0.2, -0.15) is 5.10 Å². The summed E-state index contributed by atoms with van der Waals surface area (Å²) in [6, 6.07) is 0. The van der Waals surface area contributed by atoms with Gasteiger partial charge in [0.2, 0.25) is 0 Å². The minimum absolute atomic E-state index is 0.141. The van der Waals surface area contributed by atoms with Crippen molar-refractivity contribution in [3.8, 4) is 0 Å². The second-order valence-electron chi connectivity index (χ2n) is 1.40. The van der Waals surface area contributed by atoms with Crippen LogP contribution in [0, 0.1) is 0 Å². The molecule has 0 amide bonds. The van der Waals surface area contributed by atoms with E-state index < -0.39 is 0 Å². The molecule has 0 unspecified atom stereocenters. The highest BCUT2D eigenvalue weighted by molar-refractivity contribution is 6.37. The summed E-state index contributed by atoms with van der Waals surface area (Å²) in [7, 11) is 0. The van der Waals surface area contributed by atoms with Crippen molar-refractivity contribution >= 4 is 28.9 Å². The molecule has 1 heterocycles. The van der Waals surface area contributed by atoms with Crippen molar-refractivity contribution < 1.29 is 0 Å². The molecule has 0 aromatic carbocycles. The quantitative estimate of drug-likeness (QED) is 0.629. The first-order valence-corrected chi connectivity index (χ1v) is 2.89. The molecule has 1 aromatic rings. The Morgan fingerprint density at radius 3 is 2.56 bits per heavy atom. The normalized spacial score (nSPS) is 9.56. The molecule has 2 N–H and O–H groups in total. The third-order valence-corrected chi connectivity index (χ3v) is 1.38. The van der Waals surface area contributed by atoms with Crippen LogP contribution in [0.1, 0.15) is 0 Å². The predicted molar refractivity (Wildman–Crippen MR) is 36.5 cm³/mol. The van der Waals surface area contributed by atoms with Crippen molar-refractivity contribution in [2.45, 2.75) is 0 Å². The van der Waals surface area contributed by atoms with Crippen LogP contribution < -0.4 is 5.73 Å². The van der Waals surface area contributed by atoms with Crippen LogP contribution in [0.2, 0.25) is 10.2 Å². The Hall–Kier alpha value is -0.540. The van der Waals surface area contributed by atoms with E-state index in [9.17, 15) is 0 Å². The Balaban J connectivity index is 3.25. The number of rotatable bonds is 0. The SMILES string of the molecule is Nc1c(Cl)cnnc1Cl. The molecule has 0 fully saturated rings. The molecule has 0 bridgehead atoms. The average molecular weight is 164 g/mol. The molecular weight excluding hydrogens is 161 g/mol. The average Bonchev–Trinajstić information content (AvgIpc) is 1.83. The molecule has 5 heteroatoms. The van der Waals surface area contributed by atoms with Gasteiger partial charge in [0.25, 0.3) is 0 Å². The number of halogens is 2. The molecule has 9 heavy (non-hydrogen) atoms. The van der Waals surface area contributed by atoms with E-state index in [0.717, 1.165) is 0 Å². The van der Waals surface area contributed by atoms with Gasteiger partial charge in [0.05, 0.1) is 16.9 Å². The van der Waals surface area contributed by atoms with E-state index in [1.54, 1.807) is 0 Å². The minimum Gasteiger partial charge on any atom is -0.395 e. The summed E-state index contributed by atoms with van der Waals surface area (Å²) >= 11 is 10.9. The highest BCUT2D eigenvalue weighted by Crippen LogP contribution is 2.22. The van der Waals surface area contributed by atoms with E-state index >= 15 is 0 Å². The fourth-order valence-corrected chi connectivity index (χ4v) is 0.679. The Labute approximate surface area is 61.8 Å². The molecular formula is C4H3Cl2N3. The lowest BCUT2D eigenvalue weighted by Crippen LogP contribution is -1.91. The maximum absolute atomic E-state index is 5.50. The molecule has 0 aliphatic carbocycles. The Kier molecular flexibility index (Phi) is 1.73. The zero-order valence-electron chi connectivity index (χ0n) is 4.31. The summed E-state index contributed by atoms with van der Waals surface area (Å²) in [5, 5.41) is 7.37. The van der Waals surface area contributed by atoms with E-state index in [2.05, 4.69) is 10.2 Å². The van der Waals surface area contributed by atoms with Crippen LogP contribution in [0.25, 0.3) is 0 Å². The third-order valence-electron chi connectivity index (χ3n) is 0.796. The Morgan fingerprint density at radius 1 is 1.44 bits per heavy atom. The van der Waals surface area contributed by atoms with Crippen LogP contribution in [0.15, 0.2) is 6.20 Å². The van der Waals surface area contributed by atoms with Crippen LogP contribution >= 0.6 is 23.2 Å². The van der Waals surface area contributed by atoms with E-state index in [4.69, 9.17) is 28.9 Å². The summed E-state index contributed by atoms with van der Waals surface area (Å²) in [5.74, 6) is 0. The van der Waals surface area contributed by atoms with E-state index in [1.807, 2.05) is 0 Å². The van der Waals surface area contributed by atoms with Gasteiger partial charge >= 0.3 is 0 Å². The van der Waals surface area contributed by atoms with Gasteiger partial charge in [-0.25, -0.2) is 0 Å². The predicted octanol–water partition coefficient (Wildman–Crippen LogP) is 1.37. The summed E-state index contributed by atoms with van der Waals surface area (Å²) < 4.78 is 0. The summed E-state index contributed by atoms with van der Waals surface area (Å²) in [4.78, 5) is 0. The van der Waals surface area contributed by atoms with Crippen molar-refractivity contribution in [3.63, 3.8) is 0 Å². The molecule has 3 nitrogen and oxygen atoms in total. The van der Waals surface area contributed by atoms with Crippen molar-refractivity contribution in [3.05, 3.63) is 16.4 Å². The summed E-state index contributed by atoms with van der Waals surface area (Å²) in [5.41, 5.74) is 5.59. The molecule has 0 atom stereocenters. The lowest BCUT2D eigenvalue weighted by Gasteiger charge is -1.94. The maximum atomic E-state index is 5.50. The molecule has 0 radical (unpaired) electrons. The van der Waals surface area contributed by atoms with Crippen molar-refractivity contribution in [2.24, 2.45) is 0 Å². The largest absolute Gasteiger partial charge is 0.395 e. The molecule has 0 saturated heterocycles. The Bertz CT molecular complexity index is 205. The first-order valence-electron chi connectivity index (χ1n) is 2.14. The molecule has 0 aliphatic heterocycles. The monoisotopic (exact) mass is 163 g/mol. The maximum Gasteiger partial charge on any atom is 0.176 e. The number of nitrogens with two attached hydrogens (primary N) is 1. The van der Waals surface area contributed by atoms with Gasteiger partial charge in [-0.05, 0) is 0 Å². The van der Waals surface area contributed by atoms with E-state index in [0.29, 0.717) is 5.02 Å². The van der Waals surface area contributed by atoms with Crippen LogP contribution in [0.4, 0.5) is 5.69 Å². The topological polar surface area (TPSA) is 51.8 Å². The van der Waals surface area contributed by atoms with Gasteiger partial charge in [0.1, 0.15) is 0 Å². The lowest BCUT2D eigenvalue weighted by molar-refractivity contribution is 1.03. The van der Waals surface area contributed by atoms with Crippen LogP contribution in [-0.2, 0) is 0 Å². The van der Waals surface area contributed by atoms with Gasteiger partial charge in [0.15, 0.2) is 5.15 Å². The zero-order valence-corrected chi connectivity index (χ0v) is 5.82. The highest BCUT2D eigenvalue weighted by atomic mass is 35.5. The Morgan fingerprint density at radius 2 is 2.11 bits per heavy atom. The highest BCUT2D eigenvalue weighted by Gasteiger charge is 2.00. The van der Waals surface area contributed by atoms with Crippen LogP contribution in [-0.4, -0.2) is 10.2 Å². The third kappa shape index (κ3) is 1.23. The number of hydrogen-bond donors (Lipinski definition) is 1. The zero-order chi connectivity index (χ0) is 6.85. The van der Waals surface area contributed by atoms with Gasteiger partial charge in [-0.15, -0.1) is 5.10 Å². The van der Waals surface area contributed by atoms with Gasteiger partial charge in [0, 0.05) is 0 Å². The second-order valence-corrected chi connectivity index (χ2v) is 2.16. The van der Waals surface area contributed by atoms with Crippen LogP contribution in [0.3, 0.4) is 0 Å². The molecule has 48 valence electrons.